The summed E-state index contributed by atoms with van der Waals surface area (Å²) in [5.41, 5.74) is 1.20. The summed E-state index contributed by atoms with van der Waals surface area (Å²) >= 11 is 0. The largest absolute Gasteiger partial charge is 0.355 e. The first-order valence-electron chi connectivity index (χ1n) is 10.0. The van der Waals surface area contributed by atoms with Gasteiger partial charge in [0.25, 0.3) is 5.91 Å². The zero-order chi connectivity index (χ0) is 22.5. The molecule has 0 radical (unpaired) electrons. The van der Waals surface area contributed by atoms with Crippen LogP contribution in [0.25, 0.3) is 10.8 Å². The van der Waals surface area contributed by atoms with Crippen molar-refractivity contribution >= 4 is 34.3 Å². The summed E-state index contributed by atoms with van der Waals surface area (Å²) in [5, 5.41) is 4.57. The van der Waals surface area contributed by atoms with Crippen LogP contribution in [0.1, 0.15) is 51.5 Å². The van der Waals surface area contributed by atoms with Crippen molar-refractivity contribution in [1.29, 1.82) is 0 Å². The van der Waals surface area contributed by atoms with Crippen LogP contribution in [0, 0.1) is 13.8 Å². The zero-order valence-electron chi connectivity index (χ0n) is 17.8. The van der Waals surface area contributed by atoms with E-state index in [0.717, 1.165) is 15.7 Å². The Morgan fingerprint density at radius 3 is 2.39 bits per heavy atom. The van der Waals surface area contributed by atoms with Gasteiger partial charge in [0.2, 0.25) is 0 Å². The van der Waals surface area contributed by atoms with Crippen LogP contribution < -0.4 is 5.32 Å². The molecular formula is C24H23N3O4. The normalized spacial score (nSPS) is 18.5. The molecule has 1 atom stereocenters. The van der Waals surface area contributed by atoms with Crippen molar-refractivity contribution in [2.75, 3.05) is 6.54 Å². The summed E-state index contributed by atoms with van der Waals surface area (Å²) in [6.45, 7) is 6.07. The van der Waals surface area contributed by atoms with Gasteiger partial charge in [-0.25, -0.2) is 4.79 Å². The SMILES string of the molecule is CC(=O)c1c(C)[nH]c(C(=O)CN2C(=O)N[C@@](C)(c3cccc4ccccc34)C2=O)c1C. The number of carbonyl (C=O) groups is 4. The van der Waals surface area contributed by atoms with Crippen molar-refractivity contribution in [2.24, 2.45) is 0 Å². The number of rotatable bonds is 5. The number of hydrogen-bond acceptors (Lipinski definition) is 4. The Labute approximate surface area is 179 Å². The van der Waals surface area contributed by atoms with Crippen LogP contribution in [-0.2, 0) is 10.3 Å². The molecule has 1 saturated heterocycles. The Hall–Kier alpha value is -3.74. The second-order valence-electron chi connectivity index (χ2n) is 8.08. The smallest absolute Gasteiger partial charge is 0.325 e. The molecule has 7 nitrogen and oxygen atoms in total. The van der Waals surface area contributed by atoms with E-state index in [2.05, 4.69) is 10.3 Å². The van der Waals surface area contributed by atoms with E-state index in [9.17, 15) is 19.2 Å². The molecule has 2 aromatic carbocycles. The van der Waals surface area contributed by atoms with Crippen molar-refractivity contribution in [2.45, 2.75) is 33.2 Å². The van der Waals surface area contributed by atoms with E-state index in [1.165, 1.54) is 6.92 Å². The summed E-state index contributed by atoms with van der Waals surface area (Å²) in [6.07, 6.45) is 0. The first kappa shape index (κ1) is 20.5. The molecule has 4 rings (SSSR count). The number of carbonyl (C=O) groups excluding carboxylic acids is 4. The van der Waals surface area contributed by atoms with E-state index in [1.54, 1.807) is 20.8 Å². The standard InChI is InChI=1S/C24H23N3O4/c1-13-20(15(3)28)14(2)25-21(13)19(29)12-27-22(30)24(4,26-23(27)31)18-11-7-9-16-8-5-6-10-17(16)18/h5-11,25H,12H2,1-4H3,(H,26,31)/t24-/m0/s1. The Kier molecular flexibility index (Phi) is 4.76. The molecule has 1 aliphatic heterocycles. The van der Waals surface area contributed by atoms with Gasteiger partial charge in [-0.1, -0.05) is 42.5 Å². The molecule has 158 valence electrons. The fourth-order valence-electron chi connectivity index (χ4n) is 4.46. The molecule has 0 saturated carbocycles. The fourth-order valence-corrected chi connectivity index (χ4v) is 4.46. The molecule has 7 heteroatoms. The third-order valence-corrected chi connectivity index (χ3v) is 5.97. The van der Waals surface area contributed by atoms with Gasteiger partial charge in [-0.3, -0.25) is 19.3 Å². The Morgan fingerprint density at radius 1 is 1.03 bits per heavy atom. The molecule has 1 fully saturated rings. The monoisotopic (exact) mass is 417 g/mol. The van der Waals surface area contributed by atoms with E-state index in [1.807, 2.05) is 42.5 Å². The summed E-state index contributed by atoms with van der Waals surface area (Å²) in [4.78, 5) is 54.7. The number of nitrogens with zero attached hydrogens (tertiary/aromatic N) is 1. The third-order valence-electron chi connectivity index (χ3n) is 5.97. The number of aromatic nitrogens is 1. The van der Waals surface area contributed by atoms with E-state index in [4.69, 9.17) is 0 Å². The number of fused-ring (bicyclic) bond motifs is 1. The highest BCUT2D eigenvalue weighted by Gasteiger charge is 2.50. The Balaban J connectivity index is 1.67. The van der Waals surface area contributed by atoms with Crippen LogP contribution in [0.5, 0.6) is 0 Å². The highest BCUT2D eigenvalue weighted by Crippen LogP contribution is 2.34. The quantitative estimate of drug-likeness (QED) is 0.489. The van der Waals surface area contributed by atoms with Crippen molar-refractivity contribution in [3.8, 4) is 0 Å². The highest BCUT2D eigenvalue weighted by molar-refractivity contribution is 6.13. The van der Waals surface area contributed by atoms with Gasteiger partial charge in [0, 0.05) is 11.3 Å². The second kappa shape index (κ2) is 7.19. The molecule has 0 bridgehead atoms. The average Bonchev–Trinajstić information content (AvgIpc) is 3.15. The topological polar surface area (TPSA) is 99.3 Å². The van der Waals surface area contributed by atoms with Crippen molar-refractivity contribution in [3.05, 3.63) is 70.5 Å². The number of Topliss-reactive ketones (excluding diaryl/α,β-unsaturated/α-hetero) is 2. The lowest BCUT2D eigenvalue weighted by Crippen LogP contribution is -2.41. The summed E-state index contributed by atoms with van der Waals surface area (Å²) < 4.78 is 0. The molecule has 1 aromatic heterocycles. The number of urea groups is 1. The molecule has 31 heavy (non-hydrogen) atoms. The lowest BCUT2D eigenvalue weighted by molar-refractivity contribution is -0.130. The number of aromatic amines is 1. The van der Waals surface area contributed by atoms with Gasteiger partial charge in [-0.2, -0.15) is 0 Å². The average molecular weight is 417 g/mol. The maximum absolute atomic E-state index is 13.3. The number of imide groups is 1. The Bertz CT molecular complexity index is 1270. The van der Waals surface area contributed by atoms with Crippen LogP contribution in [0.15, 0.2) is 42.5 Å². The van der Waals surface area contributed by atoms with Gasteiger partial charge >= 0.3 is 6.03 Å². The molecular weight excluding hydrogens is 394 g/mol. The number of benzene rings is 2. The van der Waals surface area contributed by atoms with E-state index >= 15 is 0 Å². The van der Waals surface area contributed by atoms with E-state index < -0.39 is 29.8 Å². The van der Waals surface area contributed by atoms with Crippen LogP contribution in [0.3, 0.4) is 0 Å². The molecule has 0 aliphatic carbocycles. The van der Waals surface area contributed by atoms with Crippen LogP contribution in [-0.4, -0.2) is 39.9 Å². The first-order valence-corrected chi connectivity index (χ1v) is 10.0. The minimum absolute atomic E-state index is 0.149. The predicted octanol–water partition coefficient (Wildman–Crippen LogP) is 3.64. The fraction of sp³-hybridized carbons (Fsp3) is 0.250. The lowest BCUT2D eigenvalue weighted by atomic mass is 9.88. The number of hydrogen-bond donors (Lipinski definition) is 2. The van der Waals surface area contributed by atoms with Crippen molar-refractivity contribution < 1.29 is 19.2 Å². The predicted molar refractivity (Wildman–Crippen MR) is 116 cm³/mol. The van der Waals surface area contributed by atoms with Crippen LogP contribution >= 0.6 is 0 Å². The van der Waals surface area contributed by atoms with Gasteiger partial charge in [0.15, 0.2) is 11.6 Å². The molecule has 2 heterocycles. The number of aryl methyl sites for hydroxylation is 1. The minimum Gasteiger partial charge on any atom is -0.355 e. The molecule has 3 aromatic rings. The van der Waals surface area contributed by atoms with Crippen LogP contribution in [0.2, 0.25) is 0 Å². The third kappa shape index (κ3) is 3.13. The maximum atomic E-state index is 13.3. The number of ketones is 2. The van der Waals surface area contributed by atoms with Crippen molar-refractivity contribution in [3.63, 3.8) is 0 Å². The van der Waals surface area contributed by atoms with Crippen molar-refractivity contribution in [1.82, 2.24) is 15.2 Å². The summed E-state index contributed by atoms with van der Waals surface area (Å²) in [6, 6.07) is 12.6. The molecule has 0 spiro atoms. The lowest BCUT2D eigenvalue weighted by Gasteiger charge is -2.24. The van der Waals surface area contributed by atoms with E-state index in [-0.39, 0.29) is 11.5 Å². The minimum atomic E-state index is -1.29. The second-order valence-corrected chi connectivity index (χ2v) is 8.08. The number of amides is 3. The molecule has 3 amide bonds. The number of H-pyrrole nitrogens is 1. The molecule has 2 N–H and O–H groups in total. The summed E-state index contributed by atoms with van der Waals surface area (Å²) in [7, 11) is 0. The van der Waals surface area contributed by atoms with Gasteiger partial charge in [-0.05, 0) is 49.6 Å². The van der Waals surface area contributed by atoms with Crippen LogP contribution in [0.4, 0.5) is 4.79 Å². The van der Waals surface area contributed by atoms with Gasteiger partial charge in [0.1, 0.15) is 5.54 Å². The van der Waals surface area contributed by atoms with E-state index in [0.29, 0.717) is 22.4 Å². The number of nitrogens with one attached hydrogen (secondary N) is 2. The van der Waals surface area contributed by atoms with Gasteiger partial charge in [-0.15, -0.1) is 0 Å². The zero-order valence-corrected chi connectivity index (χ0v) is 17.8. The Morgan fingerprint density at radius 2 is 1.71 bits per heavy atom. The molecule has 0 unspecified atom stereocenters. The van der Waals surface area contributed by atoms with Gasteiger partial charge in [0.05, 0.1) is 12.2 Å². The van der Waals surface area contributed by atoms with Gasteiger partial charge < -0.3 is 10.3 Å². The molecule has 1 aliphatic rings. The highest BCUT2D eigenvalue weighted by atomic mass is 16.2. The maximum Gasteiger partial charge on any atom is 0.325 e. The summed E-state index contributed by atoms with van der Waals surface area (Å²) in [5.74, 6) is -1.07. The first-order chi connectivity index (χ1) is 14.6.